The minimum absolute atomic E-state index is 0.969. The van der Waals surface area contributed by atoms with Gasteiger partial charge in [0.25, 0.3) is 0 Å². The van der Waals surface area contributed by atoms with Gasteiger partial charge in [0.2, 0.25) is 0 Å². The van der Waals surface area contributed by atoms with Crippen LogP contribution in [0.15, 0.2) is 36.5 Å². The lowest BCUT2D eigenvalue weighted by molar-refractivity contribution is 1.35. The predicted octanol–water partition coefficient (Wildman–Crippen LogP) is 5.08. The van der Waals surface area contributed by atoms with E-state index in [1.165, 1.54) is 21.9 Å². The fraction of sp³-hybridized carbons (Fsp3) is 0.312. The Labute approximate surface area is 109 Å². The second-order valence-corrected chi connectivity index (χ2v) is 3.52. The van der Waals surface area contributed by atoms with Crippen molar-refractivity contribution >= 4 is 21.9 Å². The molecule has 2 nitrogen and oxygen atoms in total. The van der Waals surface area contributed by atoms with Gasteiger partial charge in [-0.05, 0) is 30.7 Å². The number of nitrogens with one attached hydrogen (secondary N) is 1. The number of hydrogen-bond donors (Lipinski definition) is 1. The maximum atomic E-state index is 4.30. The van der Waals surface area contributed by atoms with E-state index in [-0.39, 0.29) is 0 Å². The molecule has 3 rings (SSSR count). The first-order chi connectivity index (χ1) is 8.86. The first-order valence-electron chi connectivity index (χ1n) is 6.68. The molecule has 18 heavy (non-hydrogen) atoms. The molecule has 3 aromatic rings. The van der Waals surface area contributed by atoms with Crippen molar-refractivity contribution in [2.24, 2.45) is 0 Å². The van der Waals surface area contributed by atoms with E-state index < -0.39 is 0 Å². The van der Waals surface area contributed by atoms with Crippen LogP contribution in [0.1, 0.15) is 33.3 Å². The van der Waals surface area contributed by atoms with Crippen molar-refractivity contribution in [3.63, 3.8) is 0 Å². The molecule has 0 bridgehead atoms. The van der Waals surface area contributed by atoms with Gasteiger partial charge in [-0.1, -0.05) is 39.8 Å². The van der Waals surface area contributed by atoms with E-state index in [0.29, 0.717) is 0 Å². The highest BCUT2D eigenvalue weighted by molar-refractivity contribution is 6.07. The Hall–Kier alpha value is -1.83. The standard InChI is InChI=1S/C12H10N2.2C2H6/c1-8-4-2-6-10-11(8)9-5-3-7-13-12(9)14-10;2*1-2/h2-7H,1H3,(H,13,14);2*1-2H3. The third-order valence-electron chi connectivity index (χ3n) is 2.60. The van der Waals surface area contributed by atoms with Crippen molar-refractivity contribution in [1.29, 1.82) is 0 Å². The Balaban J connectivity index is 0.000000371. The van der Waals surface area contributed by atoms with E-state index in [1.54, 1.807) is 0 Å². The summed E-state index contributed by atoms with van der Waals surface area (Å²) in [6.45, 7) is 10.1. The van der Waals surface area contributed by atoms with Crippen LogP contribution in [-0.2, 0) is 0 Å². The summed E-state index contributed by atoms with van der Waals surface area (Å²) in [6.07, 6.45) is 1.81. The van der Waals surface area contributed by atoms with Crippen molar-refractivity contribution in [2.45, 2.75) is 34.6 Å². The molecule has 2 aromatic heterocycles. The zero-order valence-electron chi connectivity index (χ0n) is 11.9. The normalized spacial score (nSPS) is 9.39. The van der Waals surface area contributed by atoms with Crippen LogP contribution < -0.4 is 0 Å². The van der Waals surface area contributed by atoms with E-state index in [0.717, 1.165) is 5.65 Å². The van der Waals surface area contributed by atoms with Crippen molar-refractivity contribution in [1.82, 2.24) is 9.97 Å². The molecule has 2 heterocycles. The Morgan fingerprint density at radius 2 is 1.67 bits per heavy atom. The molecule has 0 aliphatic carbocycles. The lowest BCUT2D eigenvalue weighted by Crippen LogP contribution is -1.73. The van der Waals surface area contributed by atoms with Crippen molar-refractivity contribution in [3.05, 3.63) is 42.1 Å². The Morgan fingerprint density at radius 1 is 0.944 bits per heavy atom. The van der Waals surface area contributed by atoms with Gasteiger partial charge in [-0.25, -0.2) is 4.98 Å². The zero-order chi connectivity index (χ0) is 13.5. The molecule has 0 aliphatic rings. The van der Waals surface area contributed by atoms with Crippen LogP contribution in [0.3, 0.4) is 0 Å². The van der Waals surface area contributed by atoms with Crippen molar-refractivity contribution in [3.8, 4) is 0 Å². The quantitative estimate of drug-likeness (QED) is 0.585. The van der Waals surface area contributed by atoms with E-state index in [2.05, 4.69) is 41.2 Å². The molecule has 2 heteroatoms. The number of hydrogen-bond acceptors (Lipinski definition) is 1. The molecule has 0 aliphatic heterocycles. The van der Waals surface area contributed by atoms with Crippen molar-refractivity contribution < 1.29 is 0 Å². The number of nitrogens with zero attached hydrogens (tertiary/aromatic N) is 1. The second kappa shape index (κ2) is 6.80. The average molecular weight is 242 g/mol. The predicted molar refractivity (Wildman–Crippen MR) is 81.0 cm³/mol. The number of aryl methyl sites for hydroxylation is 1. The summed E-state index contributed by atoms with van der Waals surface area (Å²) >= 11 is 0. The number of aromatic amines is 1. The number of H-pyrrole nitrogens is 1. The first-order valence-corrected chi connectivity index (χ1v) is 6.68. The van der Waals surface area contributed by atoms with Crippen LogP contribution >= 0.6 is 0 Å². The highest BCUT2D eigenvalue weighted by Gasteiger charge is 2.05. The van der Waals surface area contributed by atoms with Crippen LogP contribution in [0.4, 0.5) is 0 Å². The summed E-state index contributed by atoms with van der Waals surface area (Å²) in [6, 6.07) is 10.4. The van der Waals surface area contributed by atoms with E-state index in [4.69, 9.17) is 0 Å². The van der Waals surface area contributed by atoms with Gasteiger partial charge >= 0.3 is 0 Å². The van der Waals surface area contributed by atoms with Gasteiger partial charge in [0.05, 0.1) is 0 Å². The summed E-state index contributed by atoms with van der Waals surface area (Å²) in [5.41, 5.74) is 3.43. The summed E-state index contributed by atoms with van der Waals surface area (Å²) in [5, 5.41) is 2.50. The molecule has 0 radical (unpaired) electrons. The Bertz CT molecular complexity index is 609. The molecule has 0 saturated heterocycles. The largest absolute Gasteiger partial charge is 0.339 e. The van der Waals surface area contributed by atoms with E-state index in [9.17, 15) is 0 Å². The lowest BCUT2D eigenvalue weighted by Gasteiger charge is -1.94. The smallest absolute Gasteiger partial charge is 0.138 e. The molecule has 1 aromatic carbocycles. The molecule has 0 spiro atoms. The van der Waals surface area contributed by atoms with Gasteiger partial charge in [-0.15, -0.1) is 0 Å². The summed E-state index contributed by atoms with van der Waals surface area (Å²) < 4.78 is 0. The number of rotatable bonds is 0. The maximum Gasteiger partial charge on any atom is 0.138 e. The van der Waals surface area contributed by atoms with Crippen LogP contribution in [0.2, 0.25) is 0 Å². The Kier molecular flexibility index (Phi) is 5.37. The maximum absolute atomic E-state index is 4.30. The van der Waals surface area contributed by atoms with Crippen LogP contribution in [0.25, 0.3) is 21.9 Å². The van der Waals surface area contributed by atoms with Crippen LogP contribution in [0, 0.1) is 6.92 Å². The van der Waals surface area contributed by atoms with Gasteiger partial charge in [0, 0.05) is 22.5 Å². The fourth-order valence-electron chi connectivity index (χ4n) is 1.96. The third kappa shape index (κ3) is 2.53. The van der Waals surface area contributed by atoms with Gasteiger partial charge in [-0.3, -0.25) is 0 Å². The Morgan fingerprint density at radius 3 is 2.39 bits per heavy atom. The molecule has 0 atom stereocenters. The topological polar surface area (TPSA) is 28.7 Å². The number of aromatic nitrogens is 2. The molecule has 1 N–H and O–H groups in total. The average Bonchev–Trinajstić information content (AvgIpc) is 2.83. The number of fused-ring (bicyclic) bond motifs is 3. The molecule has 0 unspecified atom stereocenters. The fourth-order valence-corrected chi connectivity index (χ4v) is 1.96. The monoisotopic (exact) mass is 242 g/mol. The van der Waals surface area contributed by atoms with E-state index >= 15 is 0 Å². The number of pyridine rings is 1. The molecule has 0 amide bonds. The highest BCUT2D eigenvalue weighted by Crippen LogP contribution is 2.26. The molecular formula is C16H22N2. The molecule has 0 saturated carbocycles. The third-order valence-corrected chi connectivity index (χ3v) is 2.60. The molecule has 96 valence electrons. The summed E-state index contributed by atoms with van der Waals surface area (Å²) in [4.78, 5) is 7.61. The van der Waals surface area contributed by atoms with Crippen molar-refractivity contribution in [2.75, 3.05) is 0 Å². The minimum Gasteiger partial charge on any atom is -0.339 e. The van der Waals surface area contributed by atoms with Crippen LogP contribution in [0.5, 0.6) is 0 Å². The second-order valence-electron chi connectivity index (χ2n) is 3.52. The van der Waals surface area contributed by atoms with Gasteiger partial charge in [0.15, 0.2) is 0 Å². The van der Waals surface area contributed by atoms with Gasteiger partial charge < -0.3 is 4.98 Å². The zero-order valence-corrected chi connectivity index (χ0v) is 11.9. The van der Waals surface area contributed by atoms with Crippen LogP contribution in [-0.4, -0.2) is 9.97 Å². The number of benzene rings is 1. The van der Waals surface area contributed by atoms with E-state index in [1.807, 2.05) is 40.0 Å². The summed E-state index contributed by atoms with van der Waals surface area (Å²) in [7, 11) is 0. The van der Waals surface area contributed by atoms with Gasteiger partial charge in [-0.2, -0.15) is 0 Å². The summed E-state index contributed by atoms with van der Waals surface area (Å²) in [5.74, 6) is 0. The molecular weight excluding hydrogens is 220 g/mol. The molecule has 0 fully saturated rings. The first kappa shape index (κ1) is 14.2. The van der Waals surface area contributed by atoms with Gasteiger partial charge in [0.1, 0.15) is 5.65 Å². The minimum atomic E-state index is 0.969. The lowest BCUT2D eigenvalue weighted by atomic mass is 10.1. The SMILES string of the molecule is CC.CC.Cc1cccc2[nH]c3ncccc3c12. The highest BCUT2D eigenvalue weighted by atomic mass is 14.8.